The minimum absolute atomic E-state index is 0.145. The third kappa shape index (κ3) is 5.33. The first kappa shape index (κ1) is 26.8. The van der Waals surface area contributed by atoms with E-state index >= 15 is 0 Å². The first-order valence-corrected chi connectivity index (χ1v) is 13.2. The van der Waals surface area contributed by atoms with Crippen molar-refractivity contribution in [1.82, 2.24) is 4.90 Å². The van der Waals surface area contributed by atoms with Crippen LogP contribution in [0, 0.1) is 0 Å². The molecule has 0 spiro atoms. The van der Waals surface area contributed by atoms with E-state index in [-0.39, 0.29) is 5.69 Å². The fraction of sp³-hybridized carbons (Fsp3) is 0.481. The maximum absolute atomic E-state index is 13.4. The summed E-state index contributed by atoms with van der Waals surface area (Å²) in [4.78, 5) is 23.5. The van der Waals surface area contributed by atoms with Crippen molar-refractivity contribution in [1.29, 1.82) is 0 Å². The Labute approximate surface area is 228 Å². The molecule has 2 aromatic rings. The molecule has 1 unspecified atom stereocenters. The number of aliphatic imine (C=N–C) groups is 1. The molecule has 40 heavy (non-hydrogen) atoms. The number of hydrogen-bond acceptors (Lipinski definition) is 9. The van der Waals surface area contributed by atoms with Crippen LogP contribution in [0.3, 0.4) is 0 Å². The van der Waals surface area contributed by atoms with Crippen molar-refractivity contribution in [2.45, 2.75) is 31.0 Å². The fourth-order valence-electron chi connectivity index (χ4n) is 5.45. The summed E-state index contributed by atoms with van der Waals surface area (Å²) in [6, 6.07) is 9.45. The second-order valence-electron chi connectivity index (χ2n) is 10.2. The molecule has 2 N–H and O–H groups in total. The summed E-state index contributed by atoms with van der Waals surface area (Å²) < 4.78 is 54.6. The number of hydrogen-bond donors (Lipinski definition) is 2. The van der Waals surface area contributed by atoms with Crippen molar-refractivity contribution in [3.63, 3.8) is 0 Å². The molecule has 0 bridgehead atoms. The quantitative estimate of drug-likeness (QED) is 0.554. The molecule has 1 atom stereocenters. The van der Waals surface area contributed by atoms with Crippen LogP contribution in [0.2, 0.25) is 0 Å². The molecule has 1 amide bonds. The van der Waals surface area contributed by atoms with Crippen molar-refractivity contribution >= 4 is 35.0 Å². The van der Waals surface area contributed by atoms with Gasteiger partial charge in [0.25, 0.3) is 0 Å². The Kier molecular flexibility index (Phi) is 7.07. The average Bonchev–Trinajstić information content (AvgIpc) is 3.77. The summed E-state index contributed by atoms with van der Waals surface area (Å²) in [5, 5.41) is 13.9. The highest BCUT2D eigenvalue weighted by atomic mass is 19.4. The number of amides is 1. The van der Waals surface area contributed by atoms with Gasteiger partial charge in [0.05, 0.1) is 44.1 Å². The molecule has 214 valence electrons. The van der Waals surface area contributed by atoms with Gasteiger partial charge in [-0.15, -0.1) is 13.2 Å². The van der Waals surface area contributed by atoms with Gasteiger partial charge in [-0.25, -0.2) is 4.99 Å². The van der Waals surface area contributed by atoms with Crippen molar-refractivity contribution in [2.24, 2.45) is 4.99 Å². The number of carbonyl (C=O) groups excluding carboxylic acids is 1. The van der Waals surface area contributed by atoms with Gasteiger partial charge >= 0.3 is 6.36 Å². The van der Waals surface area contributed by atoms with Gasteiger partial charge in [-0.2, -0.15) is 0 Å². The van der Waals surface area contributed by atoms with Gasteiger partial charge < -0.3 is 34.4 Å². The standard InChI is InChI=1S/C27H30F3N5O5/c28-27(29,30)40-23-4-2-19(16-22(23)32-25(37)26(5-6-26)34-9-13-39-14-10-34)35-17-31-21-15-18(1-3-20(21)24(35)36)33-7-11-38-12-8-33/h1-4,15-17,24,36H,5-14H2,(H,32,37). The molecule has 4 aliphatic rings. The first-order chi connectivity index (χ1) is 19.2. The smallest absolute Gasteiger partial charge is 0.404 e. The minimum Gasteiger partial charge on any atom is -0.404 e. The molecular weight excluding hydrogens is 531 g/mol. The Morgan fingerprint density at radius 2 is 1.68 bits per heavy atom. The van der Waals surface area contributed by atoms with E-state index in [1.54, 1.807) is 6.07 Å². The summed E-state index contributed by atoms with van der Waals surface area (Å²) in [6.07, 6.45) is -3.46. The van der Waals surface area contributed by atoms with Crippen molar-refractivity contribution in [3.05, 3.63) is 42.0 Å². The van der Waals surface area contributed by atoms with Crippen LogP contribution < -0.4 is 19.9 Å². The lowest BCUT2D eigenvalue weighted by Crippen LogP contribution is -2.51. The maximum atomic E-state index is 13.4. The van der Waals surface area contributed by atoms with E-state index in [9.17, 15) is 23.1 Å². The number of aliphatic hydroxyl groups is 1. The Morgan fingerprint density at radius 1 is 1.00 bits per heavy atom. The number of fused-ring (bicyclic) bond motifs is 1. The number of nitrogens with zero attached hydrogens (tertiary/aromatic N) is 4. The molecule has 1 aliphatic carbocycles. The fourth-order valence-corrected chi connectivity index (χ4v) is 5.45. The Hall–Kier alpha value is -3.39. The van der Waals surface area contributed by atoms with E-state index < -0.39 is 29.8 Å². The number of alkyl halides is 3. The average molecular weight is 562 g/mol. The van der Waals surface area contributed by atoms with Crippen LogP contribution in [0.25, 0.3) is 0 Å². The summed E-state index contributed by atoms with van der Waals surface area (Å²) in [5.41, 5.74) is 1.52. The number of carbonyl (C=O) groups is 1. The second kappa shape index (κ2) is 10.5. The van der Waals surface area contributed by atoms with E-state index in [2.05, 4.69) is 19.9 Å². The number of ether oxygens (including phenoxy) is 3. The molecule has 6 rings (SSSR count). The summed E-state index contributed by atoms with van der Waals surface area (Å²) in [5.74, 6) is -0.936. The molecule has 3 aliphatic heterocycles. The molecule has 3 heterocycles. The van der Waals surface area contributed by atoms with Gasteiger partial charge in [-0.3, -0.25) is 9.69 Å². The molecule has 2 aromatic carbocycles. The lowest BCUT2D eigenvalue weighted by atomic mass is 10.1. The number of benzene rings is 2. The zero-order chi connectivity index (χ0) is 27.9. The number of anilines is 3. The maximum Gasteiger partial charge on any atom is 0.573 e. The largest absolute Gasteiger partial charge is 0.573 e. The monoisotopic (exact) mass is 561 g/mol. The predicted molar refractivity (Wildman–Crippen MR) is 141 cm³/mol. The van der Waals surface area contributed by atoms with Gasteiger partial charge in [0.2, 0.25) is 5.91 Å². The summed E-state index contributed by atoms with van der Waals surface area (Å²) >= 11 is 0. The van der Waals surface area contributed by atoms with Crippen LogP contribution in [0.1, 0.15) is 24.6 Å². The van der Waals surface area contributed by atoms with Gasteiger partial charge in [0.15, 0.2) is 12.0 Å². The van der Waals surface area contributed by atoms with E-state index in [1.165, 1.54) is 23.4 Å². The predicted octanol–water partition coefficient (Wildman–Crippen LogP) is 3.40. The SMILES string of the molecule is O=C(Nc1cc(N2C=Nc3cc(N4CCOCC4)ccc3C2O)ccc1OC(F)(F)F)C1(N2CCOCC2)CC1. The van der Waals surface area contributed by atoms with Crippen LogP contribution in [0.15, 0.2) is 41.4 Å². The van der Waals surface area contributed by atoms with Gasteiger partial charge in [0, 0.05) is 43.1 Å². The van der Waals surface area contributed by atoms with E-state index in [1.807, 2.05) is 17.0 Å². The number of aliphatic hydroxyl groups excluding tert-OH is 1. The van der Waals surface area contributed by atoms with Crippen LogP contribution >= 0.6 is 0 Å². The van der Waals surface area contributed by atoms with Crippen molar-refractivity contribution in [2.75, 3.05) is 67.7 Å². The Bertz CT molecular complexity index is 1290. The number of halogens is 3. The van der Waals surface area contributed by atoms with Crippen LogP contribution in [-0.4, -0.2) is 86.8 Å². The van der Waals surface area contributed by atoms with Crippen LogP contribution in [0.4, 0.5) is 35.9 Å². The van der Waals surface area contributed by atoms with Crippen LogP contribution in [-0.2, 0) is 14.3 Å². The zero-order valence-electron chi connectivity index (χ0n) is 21.7. The Morgan fingerprint density at radius 3 is 2.35 bits per heavy atom. The minimum atomic E-state index is -4.95. The second-order valence-corrected chi connectivity index (χ2v) is 10.2. The highest BCUT2D eigenvalue weighted by Crippen LogP contribution is 2.45. The van der Waals surface area contributed by atoms with Crippen molar-refractivity contribution < 1.29 is 37.3 Å². The molecule has 3 fully saturated rings. The molecular formula is C27H30F3N5O5. The topological polar surface area (TPSA) is 99.1 Å². The van der Waals surface area contributed by atoms with Crippen molar-refractivity contribution in [3.8, 4) is 5.75 Å². The zero-order valence-corrected chi connectivity index (χ0v) is 21.7. The molecule has 0 radical (unpaired) electrons. The number of rotatable bonds is 6. The Balaban J connectivity index is 1.26. The number of morpholine rings is 2. The number of nitrogens with one attached hydrogen (secondary N) is 1. The normalized spacial score (nSPS) is 22.6. The summed E-state index contributed by atoms with van der Waals surface area (Å²) in [6.45, 7) is 4.91. The van der Waals surface area contributed by atoms with E-state index in [0.29, 0.717) is 69.3 Å². The molecule has 10 nitrogen and oxygen atoms in total. The van der Waals surface area contributed by atoms with E-state index in [4.69, 9.17) is 9.47 Å². The highest BCUT2D eigenvalue weighted by Gasteiger charge is 2.54. The molecule has 1 saturated carbocycles. The lowest BCUT2D eigenvalue weighted by Gasteiger charge is -2.34. The molecule has 13 heteroatoms. The van der Waals surface area contributed by atoms with Crippen LogP contribution in [0.5, 0.6) is 5.75 Å². The van der Waals surface area contributed by atoms with Gasteiger partial charge in [0.1, 0.15) is 5.54 Å². The molecule has 2 saturated heterocycles. The molecule has 0 aromatic heterocycles. The third-order valence-electron chi connectivity index (χ3n) is 7.75. The van der Waals surface area contributed by atoms with Gasteiger partial charge in [-0.05, 0) is 43.2 Å². The first-order valence-electron chi connectivity index (χ1n) is 13.2. The third-order valence-corrected chi connectivity index (χ3v) is 7.75. The lowest BCUT2D eigenvalue weighted by molar-refractivity contribution is -0.274. The van der Waals surface area contributed by atoms with Gasteiger partial charge in [-0.1, -0.05) is 6.07 Å². The summed E-state index contributed by atoms with van der Waals surface area (Å²) in [7, 11) is 0. The van der Waals surface area contributed by atoms with E-state index in [0.717, 1.165) is 24.8 Å². The highest BCUT2D eigenvalue weighted by molar-refractivity contribution is 6.02.